The van der Waals surface area contributed by atoms with E-state index in [4.69, 9.17) is 5.26 Å². The van der Waals surface area contributed by atoms with Crippen molar-refractivity contribution in [2.24, 2.45) is 0 Å². The summed E-state index contributed by atoms with van der Waals surface area (Å²) in [5.41, 5.74) is 1.68. The molecule has 3 aromatic rings. The molecular formula is C21H17F2N3O2S. The Kier molecular flexibility index (Phi) is 4.84. The summed E-state index contributed by atoms with van der Waals surface area (Å²) in [5, 5.41) is 8.75. The van der Waals surface area contributed by atoms with E-state index in [0.717, 1.165) is 5.56 Å². The molecule has 1 aromatic heterocycles. The fourth-order valence-electron chi connectivity index (χ4n) is 3.27. The van der Waals surface area contributed by atoms with E-state index in [0.29, 0.717) is 30.0 Å². The molecule has 0 aliphatic heterocycles. The van der Waals surface area contributed by atoms with E-state index < -0.39 is 32.9 Å². The van der Waals surface area contributed by atoms with Gasteiger partial charge >= 0.3 is 0 Å². The second-order valence-corrected chi connectivity index (χ2v) is 8.72. The summed E-state index contributed by atoms with van der Waals surface area (Å²) in [5.74, 6) is -1.45. The van der Waals surface area contributed by atoms with Crippen LogP contribution in [0.2, 0.25) is 0 Å². The summed E-state index contributed by atoms with van der Waals surface area (Å²) >= 11 is 0. The third-order valence-electron chi connectivity index (χ3n) is 4.89. The normalized spacial score (nSPS) is 13.8. The smallest absolute Gasteiger partial charge is 0.263 e. The topological polar surface area (TPSA) is 85.8 Å². The maximum atomic E-state index is 14.1. The van der Waals surface area contributed by atoms with Gasteiger partial charge in [-0.05, 0) is 41.5 Å². The third kappa shape index (κ3) is 4.00. The molecule has 29 heavy (non-hydrogen) atoms. The molecule has 1 fully saturated rings. The summed E-state index contributed by atoms with van der Waals surface area (Å²) < 4.78 is 55.6. The van der Waals surface area contributed by atoms with E-state index >= 15 is 0 Å². The van der Waals surface area contributed by atoms with Crippen molar-refractivity contribution in [3.63, 3.8) is 0 Å². The molecule has 8 heteroatoms. The molecule has 148 valence electrons. The number of hydrogen-bond acceptors (Lipinski definition) is 3. The number of hydrogen-bond donors (Lipinski definition) is 2. The first-order valence-electron chi connectivity index (χ1n) is 9.04. The highest BCUT2D eigenvalue weighted by Gasteiger charge is 2.25. The fourth-order valence-corrected chi connectivity index (χ4v) is 4.53. The first-order valence-corrected chi connectivity index (χ1v) is 10.5. The molecule has 0 spiro atoms. The number of benzene rings is 2. The summed E-state index contributed by atoms with van der Waals surface area (Å²) in [7, 11) is -4.16. The number of nitriles is 1. The predicted molar refractivity (Wildman–Crippen MR) is 104 cm³/mol. The maximum Gasteiger partial charge on any atom is 0.263 e. The number of aromatic nitrogens is 1. The lowest BCUT2D eigenvalue weighted by molar-refractivity contribution is 0.592. The van der Waals surface area contributed by atoms with Gasteiger partial charge in [0.2, 0.25) is 0 Å². The van der Waals surface area contributed by atoms with Crippen LogP contribution in [0, 0.1) is 23.0 Å². The van der Waals surface area contributed by atoms with Crippen LogP contribution in [0.3, 0.4) is 0 Å². The molecule has 0 radical (unpaired) electrons. The van der Waals surface area contributed by atoms with Crippen molar-refractivity contribution in [3.8, 4) is 6.07 Å². The lowest BCUT2D eigenvalue weighted by Gasteiger charge is -2.11. The van der Waals surface area contributed by atoms with Crippen molar-refractivity contribution in [2.45, 2.75) is 30.1 Å². The Hall–Kier alpha value is -3.18. The molecule has 1 aliphatic carbocycles. The van der Waals surface area contributed by atoms with E-state index in [1.54, 1.807) is 6.20 Å². The molecule has 1 saturated carbocycles. The SMILES string of the molecule is N#Cc1cc(F)c(NS(=O)(=O)c2c[nH]cc2Cc2cccc(C3CC3)c2)cc1F. The number of sulfonamides is 1. The lowest BCUT2D eigenvalue weighted by Crippen LogP contribution is -2.15. The van der Waals surface area contributed by atoms with Gasteiger partial charge in [0.15, 0.2) is 0 Å². The van der Waals surface area contributed by atoms with Gasteiger partial charge in [0.25, 0.3) is 10.0 Å². The number of rotatable bonds is 6. The molecule has 0 bridgehead atoms. The van der Waals surface area contributed by atoms with Crippen LogP contribution in [0.15, 0.2) is 53.7 Å². The van der Waals surface area contributed by atoms with E-state index in [1.807, 2.05) is 12.1 Å². The van der Waals surface area contributed by atoms with E-state index in [-0.39, 0.29) is 4.90 Å². The molecule has 2 aromatic carbocycles. The summed E-state index contributed by atoms with van der Waals surface area (Å²) in [6.45, 7) is 0. The monoisotopic (exact) mass is 413 g/mol. The molecule has 4 rings (SSSR count). The van der Waals surface area contributed by atoms with E-state index in [9.17, 15) is 17.2 Å². The second kappa shape index (κ2) is 7.33. The first kappa shape index (κ1) is 19.2. The fraction of sp³-hybridized carbons (Fsp3) is 0.190. The Bertz CT molecular complexity index is 1220. The van der Waals surface area contributed by atoms with Gasteiger partial charge in [-0.1, -0.05) is 24.3 Å². The molecule has 1 aliphatic rings. The van der Waals surface area contributed by atoms with Gasteiger partial charge in [0.05, 0.1) is 11.3 Å². The summed E-state index contributed by atoms with van der Waals surface area (Å²) in [4.78, 5) is 2.73. The summed E-state index contributed by atoms with van der Waals surface area (Å²) in [6, 6.07) is 10.9. The number of anilines is 1. The van der Waals surface area contributed by atoms with Gasteiger partial charge < -0.3 is 4.98 Å². The van der Waals surface area contributed by atoms with Crippen LogP contribution in [-0.4, -0.2) is 13.4 Å². The average Bonchev–Trinajstić information content (AvgIpc) is 3.43. The highest BCUT2D eigenvalue weighted by molar-refractivity contribution is 7.92. The van der Waals surface area contributed by atoms with Crippen molar-refractivity contribution in [3.05, 3.63) is 82.7 Å². The zero-order valence-electron chi connectivity index (χ0n) is 15.2. The zero-order valence-corrected chi connectivity index (χ0v) is 16.1. The summed E-state index contributed by atoms with van der Waals surface area (Å²) in [6.07, 6.45) is 5.60. The van der Waals surface area contributed by atoms with Gasteiger partial charge in [-0.15, -0.1) is 0 Å². The largest absolute Gasteiger partial charge is 0.366 e. The standard InChI is InChI=1S/C21H17F2N3O2S/c22-18-9-20(19(23)8-16(18)10-24)26-29(27,28)21-12-25-11-17(21)7-13-2-1-3-15(6-13)14-4-5-14/h1-3,6,8-9,11-12,14,25-26H,4-5,7H2. The molecule has 2 N–H and O–H groups in total. The lowest BCUT2D eigenvalue weighted by atomic mass is 10.0. The van der Waals surface area contributed by atoms with Crippen molar-refractivity contribution in [2.75, 3.05) is 4.72 Å². The van der Waals surface area contributed by atoms with Crippen LogP contribution in [0.25, 0.3) is 0 Å². The second-order valence-electron chi connectivity index (χ2n) is 7.07. The molecule has 5 nitrogen and oxygen atoms in total. The highest BCUT2D eigenvalue weighted by Crippen LogP contribution is 2.40. The van der Waals surface area contributed by atoms with E-state index in [1.165, 1.54) is 30.7 Å². The Morgan fingerprint density at radius 3 is 2.66 bits per heavy atom. The van der Waals surface area contributed by atoms with Gasteiger partial charge in [0.1, 0.15) is 22.6 Å². The van der Waals surface area contributed by atoms with Gasteiger partial charge in [-0.2, -0.15) is 5.26 Å². The Labute approximate surface area is 167 Å². The number of aromatic amines is 1. The molecule has 0 atom stereocenters. The van der Waals surface area contributed by atoms with Crippen molar-refractivity contribution >= 4 is 15.7 Å². The molecule has 0 amide bonds. The first-order chi connectivity index (χ1) is 13.9. The van der Waals surface area contributed by atoms with E-state index in [2.05, 4.69) is 21.8 Å². The van der Waals surface area contributed by atoms with Crippen LogP contribution < -0.4 is 4.72 Å². The molecule has 1 heterocycles. The average molecular weight is 413 g/mol. The Balaban J connectivity index is 1.61. The minimum absolute atomic E-state index is 0.0431. The number of nitrogens with zero attached hydrogens (tertiary/aromatic N) is 1. The van der Waals surface area contributed by atoms with Crippen LogP contribution in [0.4, 0.5) is 14.5 Å². The van der Waals surface area contributed by atoms with Gasteiger partial charge in [0, 0.05) is 24.9 Å². The minimum Gasteiger partial charge on any atom is -0.366 e. The minimum atomic E-state index is -4.16. The molecule has 0 saturated heterocycles. The van der Waals surface area contributed by atoms with Crippen LogP contribution in [0.1, 0.15) is 41.0 Å². The Morgan fingerprint density at radius 2 is 1.93 bits per heavy atom. The number of H-pyrrole nitrogens is 1. The van der Waals surface area contributed by atoms with Crippen LogP contribution in [-0.2, 0) is 16.4 Å². The predicted octanol–water partition coefficient (Wildman–Crippen LogP) is 4.43. The van der Waals surface area contributed by atoms with Crippen molar-refractivity contribution in [1.82, 2.24) is 4.98 Å². The molecular weight excluding hydrogens is 396 g/mol. The number of halogens is 2. The van der Waals surface area contributed by atoms with Crippen molar-refractivity contribution in [1.29, 1.82) is 5.26 Å². The quantitative estimate of drug-likeness (QED) is 0.627. The van der Waals surface area contributed by atoms with Gasteiger partial charge in [-0.25, -0.2) is 17.2 Å². The van der Waals surface area contributed by atoms with Crippen molar-refractivity contribution < 1.29 is 17.2 Å². The third-order valence-corrected chi connectivity index (χ3v) is 6.34. The highest BCUT2D eigenvalue weighted by atomic mass is 32.2. The maximum absolute atomic E-state index is 14.1. The number of nitrogens with one attached hydrogen (secondary N) is 2. The van der Waals surface area contributed by atoms with Crippen LogP contribution >= 0.6 is 0 Å². The molecule has 0 unspecified atom stereocenters. The zero-order chi connectivity index (χ0) is 20.6. The Morgan fingerprint density at radius 1 is 1.14 bits per heavy atom. The van der Waals surface area contributed by atoms with Gasteiger partial charge in [-0.3, -0.25) is 4.72 Å². The van der Waals surface area contributed by atoms with Crippen LogP contribution in [0.5, 0.6) is 0 Å².